The molecule has 0 fully saturated rings. The Morgan fingerprint density at radius 1 is 1.10 bits per heavy atom. The highest BCUT2D eigenvalue weighted by molar-refractivity contribution is 5.71. The zero-order chi connectivity index (χ0) is 21.4. The molecule has 3 atom stereocenters. The quantitative estimate of drug-likeness (QED) is 0.541. The second kappa shape index (κ2) is 7.71. The summed E-state index contributed by atoms with van der Waals surface area (Å²) in [4.78, 5) is 11.2. The number of hydrogen-bond acceptors (Lipinski definition) is 8. The van der Waals surface area contributed by atoms with E-state index in [0.29, 0.717) is 17.2 Å². The molecule has 0 radical (unpaired) electrons. The van der Waals surface area contributed by atoms with Crippen molar-refractivity contribution in [1.29, 1.82) is 0 Å². The van der Waals surface area contributed by atoms with Crippen LogP contribution in [0.4, 0.5) is 4.79 Å². The maximum atomic E-state index is 11.2. The second-order valence-corrected chi connectivity index (χ2v) is 7.03. The van der Waals surface area contributed by atoms with Gasteiger partial charge in [0.05, 0.1) is 14.2 Å². The van der Waals surface area contributed by atoms with Crippen LogP contribution in [0, 0.1) is 5.92 Å². The lowest BCUT2D eigenvalue weighted by Crippen LogP contribution is -2.54. The van der Waals surface area contributed by atoms with Gasteiger partial charge in [0.15, 0.2) is 29.2 Å². The van der Waals surface area contributed by atoms with E-state index in [0.717, 1.165) is 11.1 Å². The number of urea groups is 1. The van der Waals surface area contributed by atoms with Crippen LogP contribution < -0.4 is 40.3 Å². The molecule has 30 heavy (non-hydrogen) atoms. The van der Waals surface area contributed by atoms with Gasteiger partial charge in [-0.25, -0.2) is 4.79 Å². The predicted molar refractivity (Wildman–Crippen MR) is 105 cm³/mol. The molecule has 10 heteroatoms. The summed E-state index contributed by atoms with van der Waals surface area (Å²) >= 11 is 0. The molecule has 2 aromatic rings. The van der Waals surface area contributed by atoms with Crippen molar-refractivity contribution in [3.8, 4) is 34.5 Å². The van der Waals surface area contributed by atoms with E-state index in [9.17, 15) is 9.90 Å². The molecule has 0 aromatic heterocycles. The lowest BCUT2D eigenvalue weighted by Gasteiger charge is -2.38. The van der Waals surface area contributed by atoms with Crippen LogP contribution in [-0.2, 0) is 0 Å². The average molecular weight is 417 g/mol. The maximum Gasteiger partial charge on any atom is 0.326 e. The molecule has 0 saturated carbocycles. The van der Waals surface area contributed by atoms with Gasteiger partial charge in [0, 0.05) is 23.5 Å². The van der Waals surface area contributed by atoms with E-state index < -0.39 is 12.3 Å². The van der Waals surface area contributed by atoms with Crippen molar-refractivity contribution in [2.75, 3.05) is 21.0 Å². The number of rotatable bonds is 5. The third-order valence-corrected chi connectivity index (χ3v) is 5.30. The van der Waals surface area contributed by atoms with Gasteiger partial charge in [-0.15, -0.1) is 0 Å². The van der Waals surface area contributed by atoms with Crippen LogP contribution in [0.15, 0.2) is 24.3 Å². The number of aromatic hydroxyl groups is 1. The van der Waals surface area contributed by atoms with Crippen molar-refractivity contribution in [3.05, 3.63) is 35.4 Å². The van der Waals surface area contributed by atoms with E-state index in [1.165, 1.54) is 14.2 Å². The smallest absolute Gasteiger partial charge is 0.326 e. The minimum atomic E-state index is -0.730. The van der Waals surface area contributed by atoms with E-state index in [-0.39, 0.29) is 35.9 Å². The highest BCUT2D eigenvalue weighted by atomic mass is 16.7. The number of primary amides is 1. The van der Waals surface area contributed by atoms with Crippen LogP contribution in [0.1, 0.15) is 24.0 Å². The normalized spacial score (nSPS) is 21.4. The molecule has 0 unspecified atom stereocenters. The first-order valence-electron chi connectivity index (χ1n) is 9.29. The van der Waals surface area contributed by atoms with Crippen LogP contribution in [0.25, 0.3) is 0 Å². The van der Waals surface area contributed by atoms with Crippen LogP contribution in [0.2, 0.25) is 0 Å². The highest BCUT2D eigenvalue weighted by Crippen LogP contribution is 2.50. The first-order chi connectivity index (χ1) is 14.4. The lowest BCUT2D eigenvalue weighted by atomic mass is 9.78. The molecule has 2 aliphatic heterocycles. The fourth-order valence-corrected chi connectivity index (χ4v) is 3.87. The van der Waals surface area contributed by atoms with Crippen LogP contribution in [0.3, 0.4) is 0 Å². The summed E-state index contributed by atoms with van der Waals surface area (Å²) in [5, 5.41) is 10.3. The number of phenols is 1. The summed E-state index contributed by atoms with van der Waals surface area (Å²) < 4.78 is 27.7. The Kier molecular flexibility index (Phi) is 5.08. The minimum absolute atomic E-state index is 0.0838. The number of benzene rings is 2. The molecule has 0 bridgehead atoms. The van der Waals surface area contributed by atoms with Gasteiger partial charge in [-0.3, -0.25) is 5.43 Å². The standard InChI is InChI=1S/C20H23N3O7/c1-9-17(10-4-15(26-2)18(24)16(5-10)27-3)11-6-13-14(29-8-28-13)7-12(11)30-19(9)22-23-20(21)25/h4-7,9,17,19,22,24H,8H2,1-3H3,(H3,21,23,25)/t9-,17+,19-/m0/s1. The molecule has 5 N–H and O–H groups in total. The molecule has 2 heterocycles. The van der Waals surface area contributed by atoms with Crippen molar-refractivity contribution < 1.29 is 33.6 Å². The minimum Gasteiger partial charge on any atom is -0.502 e. The van der Waals surface area contributed by atoms with Crippen molar-refractivity contribution in [1.82, 2.24) is 10.9 Å². The summed E-state index contributed by atoms with van der Waals surface area (Å²) in [5.41, 5.74) is 12.1. The van der Waals surface area contributed by atoms with Crippen LogP contribution in [0.5, 0.6) is 34.5 Å². The number of carbonyl (C=O) groups excluding carboxylic acids is 1. The Morgan fingerprint density at radius 3 is 2.33 bits per heavy atom. The molecule has 10 nitrogen and oxygen atoms in total. The number of fused-ring (bicyclic) bond motifs is 2. The average Bonchev–Trinajstić information content (AvgIpc) is 3.18. The predicted octanol–water partition coefficient (Wildman–Crippen LogP) is 1.80. The van der Waals surface area contributed by atoms with Gasteiger partial charge < -0.3 is 34.5 Å². The SMILES string of the molecule is COc1cc([C@@H]2c3cc4c(cc3O[C@H](NNC(N)=O)[C@H]2C)OCO4)cc(OC)c1O. The number of carbonyl (C=O) groups is 1. The maximum absolute atomic E-state index is 11.2. The monoisotopic (exact) mass is 417 g/mol. The number of nitrogens with one attached hydrogen (secondary N) is 2. The number of ether oxygens (including phenoxy) is 5. The van der Waals surface area contributed by atoms with E-state index in [1.54, 1.807) is 18.2 Å². The summed E-state index contributed by atoms with van der Waals surface area (Å²) in [5.74, 6) is 1.84. The Labute approximate surface area is 172 Å². The highest BCUT2D eigenvalue weighted by Gasteiger charge is 2.39. The van der Waals surface area contributed by atoms with Crippen molar-refractivity contribution in [2.24, 2.45) is 11.7 Å². The van der Waals surface area contributed by atoms with E-state index >= 15 is 0 Å². The van der Waals surface area contributed by atoms with Gasteiger partial charge in [0.1, 0.15) is 5.75 Å². The summed E-state index contributed by atoms with van der Waals surface area (Å²) in [6, 6.07) is 6.40. The molecule has 2 aromatic carbocycles. The number of nitrogens with two attached hydrogens (primary N) is 1. The zero-order valence-electron chi connectivity index (χ0n) is 16.7. The van der Waals surface area contributed by atoms with Gasteiger partial charge in [0.25, 0.3) is 0 Å². The van der Waals surface area contributed by atoms with Crippen LogP contribution in [-0.4, -0.2) is 38.4 Å². The number of amides is 2. The summed E-state index contributed by atoms with van der Waals surface area (Å²) in [6.45, 7) is 2.09. The Morgan fingerprint density at radius 2 is 1.73 bits per heavy atom. The van der Waals surface area contributed by atoms with Crippen LogP contribution >= 0.6 is 0 Å². The fraction of sp³-hybridized carbons (Fsp3) is 0.350. The first-order valence-corrected chi connectivity index (χ1v) is 9.29. The molecule has 4 rings (SSSR count). The van der Waals surface area contributed by atoms with Gasteiger partial charge in [-0.2, -0.15) is 5.43 Å². The molecule has 2 aliphatic rings. The zero-order valence-corrected chi connectivity index (χ0v) is 16.7. The van der Waals surface area contributed by atoms with Gasteiger partial charge >= 0.3 is 6.03 Å². The number of phenolic OH excluding ortho intramolecular Hbond substituents is 1. The van der Waals surface area contributed by atoms with Crippen molar-refractivity contribution in [2.45, 2.75) is 19.1 Å². The lowest BCUT2D eigenvalue weighted by molar-refractivity contribution is 0.0691. The number of hydrogen-bond donors (Lipinski definition) is 4. The second-order valence-electron chi connectivity index (χ2n) is 7.03. The largest absolute Gasteiger partial charge is 0.502 e. The fourth-order valence-electron chi connectivity index (χ4n) is 3.87. The van der Waals surface area contributed by atoms with Gasteiger partial charge in [-0.1, -0.05) is 6.92 Å². The molecule has 0 aliphatic carbocycles. The molecular formula is C20H23N3O7. The summed E-state index contributed by atoms with van der Waals surface area (Å²) in [6.07, 6.45) is -0.596. The molecule has 2 amide bonds. The Bertz CT molecular complexity index is 956. The van der Waals surface area contributed by atoms with Gasteiger partial charge in [-0.05, 0) is 23.8 Å². The third-order valence-electron chi connectivity index (χ3n) is 5.30. The number of hydrazine groups is 1. The molecule has 0 spiro atoms. The molecule has 160 valence electrons. The summed E-state index contributed by atoms with van der Waals surface area (Å²) in [7, 11) is 2.94. The molecule has 0 saturated heterocycles. The van der Waals surface area contributed by atoms with Gasteiger partial charge in [0.2, 0.25) is 12.5 Å². The van der Waals surface area contributed by atoms with E-state index in [1.807, 2.05) is 13.0 Å². The van der Waals surface area contributed by atoms with Crippen molar-refractivity contribution in [3.63, 3.8) is 0 Å². The molecular weight excluding hydrogens is 394 g/mol. The van der Waals surface area contributed by atoms with Crippen molar-refractivity contribution >= 4 is 6.03 Å². The number of methoxy groups -OCH3 is 2. The first kappa shape index (κ1) is 19.8. The topological polar surface area (TPSA) is 134 Å². The Hall–Kier alpha value is -3.53. The van der Waals surface area contributed by atoms with E-state index in [4.69, 9.17) is 29.4 Å². The van der Waals surface area contributed by atoms with E-state index in [2.05, 4.69) is 10.9 Å². The third kappa shape index (κ3) is 3.35. The Balaban J connectivity index is 1.83.